The van der Waals surface area contributed by atoms with Crippen LogP contribution in [0.5, 0.6) is 11.5 Å². The van der Waals surface area contributed by atoms with E-state index in [2.05, 4.69) is 41.6 Å². The van der Waals surface area contributed by atoms with Gasteiger partial charge in [0.25, 0.3) is 0 Å². The number of hydrogen-bond acceptors (Lipinski definition) is 3. The van der Waals surface area contributed by atoms with Gasteiger partial charge in [-0.3, -0.25) is 0 Å². The first-order valence-electron chi connectivity index (χ1n) is 10.3. The van der Waals surface area contributed by atoms with Gasteiger partial charge in [0.05, 0.1) is 11.4 Å². The number of imidazole rings is 1. The Morgan fingerprint density at radius 2 is 1.62 bits per heavy atom. The van der Waals surface area contributed by atoms with Gasteiger partial charge in [-0.1, -0.05) is 24.3 Å². The lowest BCUT2D eigenvalue weighted by Crippen LogP contribution is -2.29. The van der Waals surface area contributed by atoms with Crippen LogP contribution in [0, 0.1) is 0 Å². The molecule has 5 rings (SSSR count). The van der Waals surface area contributed by atoms with Gasteiger partial charge in [0.15, 0.2) is 0 Å². The van der Waals surface area contributed by atoms with Gasteiger partial charge in [-0.15, -0.1) is 13.2 Å². The lowest BCUT2D eigenvalue weighted by Gasteiger charge is -2.32. The number of rotatable bonds is 3. The number of aromatic nitrogens is 2. The SMILES string of the molecule is CC1(C)Oc2cc(-c3cccc(OC(F)(F)F)c3)ccc2-c2nc(-c3c(Br)cccc3Br)[nH]c21. The molecule has 3 aromatic carbocycles. The van der Waals surface area contributed by atoms with E-state index >= 15 is 0 Å². The first-order valence-corrected chi connectivity index (χ1v) is 11.8. The highest BCUT2D eigenvalue weighted by atomic mass is 79.9. The molecular weight excluding hydrogens is 577 g/mol. The summed E-state index contributed by atoms with van der Waals surface area (Å²) < 4.78 is 50.1. The van der Waals surface area contributed by atoms with Crippen molar-refractivity contribution in [3.8, 4) is 45.3 Å². The quantitative estimate of drug-likeness (QED) is 0.259. The van der Waals surface area contributed by atoms with E-state index in [-0.39, 0.29) is 5.75 Å². The number of nitrogens with one attached hydrogen (secondary N) is 1. The predicted octanol–water partition coefficient (Wildman–Crippen LogP) is 8.46. The number of nitrogens with zero attached hydrogens (tertiary/aromatic N) is 1. The Balaban J connectivity index is 1.58. The molecule has 9 heteroatoms. The molecule has 4 aromatic rings. The summed E-state index contributed by atoms with van der Waals surface area (Å²) in [4.78, 5) is 8.31. The third-order valence-corrected chi connectivity index (χ3v) is 6.83. The van der Waals surface area contributed by atoms with Crippen LogP contribution >= 0.6 is 31.9 Å². The van der Waals surface area contributed by atoms with Crippen molar-refractivity contribution in [2.45, 2.75) is 25.8 Å². The molecule has 1 aliphatic heterocycles. The molecule has 4 nitrogen and oxygen atoms in total. The molecule has 2 heterocycles. The van der Waals surface area contributed by atoms with Crippen molar-refractivity contribution in [1.82, 2.24) is 9.97 Å². The predicted molar refractivity (Wildman–Crippen MR) is 131 cm³/mol. The van der Waals surface area contributed by atoms with Gasteiger partial charge in [0.1, 0.15) is 22.9 Å². The number of fused-ring (bicyclic) bond motifs is 3. The van der Waals surface area contributed by atoms with E-state index in [1.54, 1.807) is 6.07 Å². The number of H-pyrrole nitrogens is 1. The molecule has 0 atom stereocenters. The van der Waals surface area contributed by atoms with Crippen molar-refractivity contribution in [2.75, 3.05) is 0 Å². The van der Waals surface area contributed by atoms with E-state index in [0.717, 1.165) is 31.5 Å². The minimum absolute atomic E-state index is 0.276. The Morgan fingerprint density at radius 1 is 0.941 bits per heavy atom. The van der Waals surface area contributed by atoms with Crippen LogP contribution in [0.2, 0.25) is 0 Å². The third kappa shape index (κ3) is 4.22. The molecule has 0 amide bonds. The van der Waals surface area contributed by atoms with Crippen molar-refractivity contribution >= 4 is 31.9 Å². The standard InChI is InChI=1S/C25H17Br2F3N2O2/c1-24(2)22-21(31-23(32-22)20-17(26)7-4-8-18(20)27)16-10-9-14(12-19(16)34-24)13-5-3-6-15(11-13)33-25(28,29)30/h3-12H,1-2H3,(H,31,32). The van der Waals surface area contributed by atoms with Crippen molar-refractivity contribution < 1.29 is 22.6 Å². The topological polar surface area (TPSA) is 47.1 Å². The van der Waals surface area contributed by atoms with E-state index in [1.807, 2.05) is 50.2 Å². The van der Waals surface area contributed by atoms with Crippen LogP contribution in [0.1, 0.15) is 19.5 Å². The highest BCUT2D eigenvalue weighted by molar-refractivity contribution is 9.11. The summed E-state index contributed by atoms with van der Waals surface area (Å²) >= 11 is 7.19. The number of alkyl halides is 3. The molecule has 1 N–H and O–H groups in total. The molecule has 0 bridgehead atoms. The van der Waals surface area contributed by atoms with E-state index in [9.17, 15) is 13.2 Å². The summed E-state index contributed by atoms with van der Waals surface area (Å²) in [5.74, 6) is 1.01. The second-order valence-electron chi connectivity index (χ2n) is 8.30. The Bertz CT molecular complexity index is 1390. The minimum atomic E-state index is -4.75. The molecule has 0 saturated heterocycles. The zero-order valence-electron chi connectivity index (χ0n) is 17.9. The van der Waals surface area contributed by atoms with Crippen LogP contribution < -0.4 is 9.47 Å². The average Bonchev–Trinajstić information content (AvgIpc) is 3.18. The van der Waals surface area contributed by atoms with Crippen molar-refractivity contribution in [3.05, 3.63) is 75.3 Å². The number of benzene rings is 3. The normalized spacial score (nSPS) is 14.2. The number of halogens is 5. The van der Waals surface area contributed by atoms with Crippen LogP contribution in [-0.4, -0.2) is 16.3 Å². The van der Waals surface area contributed by atoms with E-state index in [4.69, 9.17) is 9.72 Å². The highest BCUT2D eigenvalue weighted by Crippen LogP contribution is 2.47. The maximum atomic E-state index is 12.6. The number of hydrogen-bond donors (Lipinski definition) is 1. The second-order valence-corrected chi connectivity index (χ2v) is 10.0. The zero-order valence-corrected chi connectivity index (χ0v) is 21.1. The van der Waals surface area contributed by atoms with Crippen LogP contribution in [0.15, 0.2) is 69.6 Å². The molecular formula is C25H17Br2F3N2O2. The number of aromatic amines is 1. The van der Waals surface area contributed by atoms with Crippen LogP contribution in [0.3, 0.4) is 0 Å². The molecule has 0 aliphatic carbocycles. The largest absolute Gasteiger partial charge is 0.573 e. The fourth-order valence-electron chi connectivity index (χ4n) is 4.03. The minimum Gasteiger partial charge on any atom is -0.481 e. The summed E-state index contributed by atoms with van der Waals surface area (Å²) in [6.45, 7) is 3.88. The summed E-state index contributed by atoms with van der Waals surface area (Å²) in [5.41, 5.74) is 3.88. The number of ether oxygens (including phenoxy) is 2. The van der Waals surface area contributed by atoms with Gasteiger partial charge in [-0.2, -0.15) is 0 Å². The van der Waals surface area contributed by atoms with E-state index in [0.29, 0.717) is 22.7 Å². The first kappa shape index (κ1) is 23.0. The molecule has 0 radical (unpaired) electrons. The third-order valence-electron chi connectivity index (χ3n) is 5.51. The Hall–Kier alpha value is -2.78. The maximum Gasteiger partial charge on any atom is 0.573 e. The first-order chi connectivity index (χ1) is 16.0. The molecule has 0 fully saturated rings. The zero-order chi connectivity index (χ0) is 24.3. The maximum absolute atomic E-state index is 12.6. The molecule has 0 spiro atoms. The Kier molecular flexibility index (Phi) is 5.52. The summed E-state index contributed by atoms with van der Waals surface area (Å²) in [6.07, 6.45) is -4.75. The van der Waals surface area contributed by atoms with Crippen LogP contribution in [0.4, 0.5) is 13.2 Å². The summed E-state index contributed by atoms with van der Waals surface area (Å²) in [7, 11) is 0. The fraction of sp³-hybridized carbons (Fsp3) is 0.160. The van der Waals surface area contributed by atoms with Gasteiger partial charge in [-0.05, 0) is 93.2 Å². The Labute approximate surface area is 210 Å². The average molecular weight is 594 g/mol. The highest BCUT2D eigenvalue weighted by Gasteiger charge is 2.37. The smallest absolute Gasteiger partial charge is 0.481 e. The van der Waals surface area contributed by atoms with Crippen LogP contribution in [0.25, 0.3) is 33.8 Å². The van der Waals surface area contributed by atoms with Crippen molar-refractivity contribution in [3.63, 3.8) is 0 Å². The lowest BCUT2D eigenvalue weighted by atomic mass is 9.93. The van der Waals surface area contributed by atoms with Gasteiger partial charge < -0.3 is 14.5 Å². The second kappa shape index (κ2) is 8.16. The van der Waals surface area contributed by atoms with Gasteiger partial charge in [0, 0.05) is 20.1 Å². The lowest BCUT2D eigenvalue weighted by molar-refractivity contribution is -0.274. The fourth-order valence-corrected chi connectivity index (χ4v) is 5.40. The molecule has 174 valence electrons. The molecule has 0 unspecified atom stereocenters. The summed E-state index contributed by atoms with van der Waals surface area (Å²) in [6, 6.07) is 17.2. The van der Waals surface area contributed by atoms with E-state index < -0.39 is 12.0 Å². The van der Waals surface area contributed by atoms with Gasteiger partial charge >= 0.3 is 6.36 Å². The summed E-state index contributed by atoms with van der Waals surface area (Å²) in [5, 5.41) is 0. The van der Waals surface area contributed by atoms with Gasteiger partial charge in [-0.25, -0.2) is 4.98 Å². The molecule has 1 aromatic heterocycles. The van der Waals surface area contributed by atoms with Crippen molar-refractivity contribution in [2.24, 2.45) is 0 Å². The van der Waals surface area contributed by atoms with Gasteiger partial charge in [0.2, 0.25) is 0 Å². The molecule has 34 heavy (non-hydrogen) atoms. The van der Waals surface area contributed by atoms with E-state index in [1.165, 1.54) is 18.2 Å². The van der Waals surface area contributed by atoms with Crippen LogP contribution in [-0.2, 0) is 5.60 Å². The molecule has 0 saturated carbocycles. The molecule has 1 aliphatic rings. The monoisotopic (exact) mass is 592 g/mol. The Morgan fingerprint density at radius 3 is 2.32 bits per heavy atom. The van der Waals surface area contributed by atoms with Crippen molar-refractivity contribution in [1.29, 1.82) is 0 Å².